The first-order valence-corrected chi connectivity index (χ1v) is 12.3. The number of aliphatic carboxylic acids is 1. The molecule has 0 spiro atoms. The number of carboxylic acids is 1. The summed E-state index contributed by atoms with van der Waals surface area (Å²) in [4.78, 5) is 37.2. The van der Waals surface area contributed by atoms with E-state index in [0.29, 0.717) is 0 Å². The van der Waals surface area contributed by atoms with Gasteiger partial charge in [-0.25, -0.2) is 4.79 Å². The highest BCUT2D eigenvalue weighted by molar-refractivity contribution is 8.00. The smallest absolute Gasteiger partial charge is 0.417 e. The molecule has 2 aromatic carbocycles. The van der Waals surface area contributed by atoms with Crippen molar-refractivity contribution < 1.29 is 29.0 Å². The first-order chi connectivity index (χ1) is 16.2. The van der Waals surface area contributed by atoms with E-state index in [2.05, 4.69) is 16.9 Å². The highest BCUT2D eigenvalue weighted by atomic mass is 32.2. The minimum atomic E-state index is -1.52. The van der Waals surface area contributed by atoms with Gasteiger partial charge in [0.1, 0.15) is 17.0 Å². The van der Waals surface area contributed by atoms with E-state index in [0.717, 1.165) is 34.2 Å². The fourth-order valence-corrected chi connectivity index (χ4v) is 4.93. The van der Waals surface area contributed by atoms with E-state index < -0.39 is 33.8 Å². The van der Waals surface area contributed by atoms with E-state index in [4.69, 9.17) is 9.47 Å². The lowest BCUT2D eigenvalue weighted by Crippen LogP contribution is -2.49. The van der Waals surface area contributed by atoms with Crippen LogP contribution in [0.25, 0.3) is 11.1 Å². The van der Waals surface area contributed by atoms with Gasteiger partial charge in [0.25, 0.3) is 0 Å². The van der Waals surface area contributed by atoms with Crippen molar-refractivity contribution in [3.05, 3.63) is 59.7 Å². The van der Waals surface area contributed by atoms with E-state index in [-0.39, 0.29) is 18.9 Å². The number of hydrogen-bond acceptors (Lipinski definition) is 6. The van der Waals surface area contributed by atoms with Crippen LogP contribution in [0.2, 0.25) is 0 Å². The normalized spacial score (nSPS) is 14.9. The second-order valence-electron chi connectivity index (χ2n) is 10.5. The maximum Gasteiger partial charge on any atom is 0.417 e. The average Bonchev–Trinajstić information content (AvgIpc) is 3.07. The Balaban J connectivity index is 1.65. The van der Waals surface area contributed by atoms with Gasteiger partial charge >= 0.3 is 18.0 Å². The van der Waals surface area contributed by atoms with Crippen LogP contribution in [0.4, 0.5) is 4.79 Å². The zero-order chi connectivity index (χ0) is 26.0. The zero-order valence-corrected chi connectivity index (χ0v) is 21.8. The molecule has 0 heterocycles. The minimum Gasteiger partial charge on any atom is -0.480 e. The summed E-state index contributed by atoms with van der Waals surface area (Å²) in [5.74, 6) is -1.76. The number of carbonyl (C=O) groups is 3. The molecule has 0 unspecified atom stereocenters. The van der Waals surface area contributed by atoms with Crippen molar-refractivity contribution in [1.29, 1.82) is 0 Å². The molecule has 0 fully saturated rings. The Labute approximate surface area is 210 Å². The first kappa shape index (κ1) is 26.6. The molecular formula is C27H33NO6S. The molecule has 0 aromatic heterocycles. The van der Waals surface area contributed by atoms with Gasteiger partial charge in [-0.1, -0.05) is 62.4 Å². The van der Waals surface area contributed by atoms with Gasteiger partial charge in [0, 0.05) is 11.3 Å². The van der Waals surface area contributed by atoms with Gasteiger partial charge < -0.3 is 14.6 Å². The fourth-order valence-electron chi connectivity index (χ4n) is 4.15. The maximum absolute atomic E-state index is 12.6. The highest BCUT2D eigenvalue weighted by Gasteiger charge is 2.50. The summed E-state index contributed by atoms with van der Waals surface area (Å²) in [5.41, 5.74) is 2.69. The number of rotatable bonds is 8. The number of carbonyl (C=O) groups excluding carboxylic acids is 2. The van der Waals surface area contributed by atoms with Crippen molar-refractivity contribution >= 4 is 30.0 Å². The Kier molecular flexibility index (Phi) is 7.55. The molecule has 35 heavy (non-hydrogen) atoms. The molecule has 0 saturated carbocycles. The third-order valence-corrected chi connectivity index (χ3v) is 7.79. The van der Waals surface area contributed by atoms with Crippen molar-refractivity contribution in [2.24, 2.45) is 5.41 Å². The lowest BCUT2D eigenvalue weighted by atomic mass is 9.76. The molecule has 0 aliphatic heterocycles. The third kappa shape index (κ3) is 5.81. The lowest BCUT2D eigenvalue weighted by Gasteiger charge is -2.39. The Morgan fingerprint density at radius 2 is 1.43 bits per heavy atom. The topological polar surface area (TPSA) is 102 Å². The van der Waals surface area contributed by atoms with Gasteiger partial charge in [0.05, 0.1) is 6.42 Å². The van der Waals surface area contributed by atoms with E-state index >= 15 is 0 Å². The molecule has 1 aliphatic rings. The number of esters is 1. The molecule has 3 rings (SSSR count). The van der Waals surface area contributed by atoms with Gasteiger partial charge in [-0.3, -0.25) is 14.3 Å². The van der Waals surface area contributed by atoms with Crippen LogP contribution >= 0.6 is 11.9 Å². The lowest BCUT2D eigenvalue weighted by molar-refractivity contribution is -0.158. The summed E-state index contributed by atoms with van der Waals surface area (Å²) >= 11 is 0.729. The van der Waals surface area contributed by atoms with Crippen LogP contribution in [0.15, 0.2) is 48.5 Å². The predicted molar refractivity (Wildman–Crippen MR) is 136 cm³/mol. The Bertz CT molecular complexity index is 1080. The quantitative estimate of drug-likeness (QED) is 0.351. The number of carboxylic acid groups (broad SMARTS) is 1. The number of ether oxygens (including phenoxy) is 2. The molecular weight excluding hydrogens is 466 g/mol. The minimum absolute atomic E-state index is 0.104. The molecule has 1 atom stereocenters. The average molecular weight is 500 g/mol. The van der Waals surface area contributed by atoms with Crippen molar-refractivity contribution in [3.8, 4) is 11.1 Å². The monoisotopic (exact) mass is 499 g/mol. The van der Waals surface area contributed by atoms with E-state index in [1.807, 2.05) is 36.4 Å². The molecule has 1 amide bonds. The van der Waals surface area contributed by atoms with Gasteiger partial charge in [0.15, 0.2) is 0 Å². The molecule has 7 nitrogen and oxygen atoms in total. The van der Waals surface area contributed by atoms with Crippen LogP contribution in [0.3, 0.4) is 0 Å². The molecule has 1 aliphatic carbocycles. The van der Waals surface area contributed by atoms with Crippen LogP contribution in [0.5, 0.6) is 0 Å². The molecule has 0 radical (unpaired) electrons. The Morgan fingerprint density at radius 1 is 0.914 bits per heavy atom. The van der Waals surface area contributed by atoms with E-state index in [9.17, 15) is 19.5 Å². The highest BCUT2D eigenvalue weighted by Crippen LogP contribution is 2.45. The molecule has 2 aromatic rings. The van der Waals surface area contributed by atoms with Crippen molar-refractivity contribution in [1.82, 2.24) is 4.72 Å². The first-order valence-electron chi connectivity index (χ1n) is 11.5. The van der Waals surface area contributed by atoms with E-state index in [1.165, 1.54) is 6.92 Å². The molecule has 0 bridgehead atoms. The maximum atomic E-state index is 12.6. The van der Waals surface area contributed by atoms with Gasteiger partial charge in [-0.05, 0) is 61.9 Å². The second-order valence-corrected chi connectivity index (χ2v) is 11.7. The van der Waals surface area contributed by atoms with Crippen molar-refractivity contribution in [2.45, 2.75) is 64.2 Å². The van der Waals surface area contributed by atoms with Gasteiger partial charge in [-0.15, -0.1) is 0 Å². The van der Waals surface area contributed by atoms with Gasteiger partial charge in [-0.2, -0.15) is 0 Å². The van der Waals surface area contributed by atoms with Crippen LogP contribution < -0.4 is 4.72 Å². The van der Waals surface area contributed by atoms with Crippen molar-refractivity contribution in [3.63, 3.8) is 0 Å². The van der Waals surface area contributed by atoms with Gasteiger partial charge in [0.2, 0.25) is 0 Å². The summed E-state index contributed by atoms with van der Waals surface area (Å²) in [7, 11) is 0. The summed E-state index contributed by atoms with van der Waals surface area (Å²) in [6.45, 7) is 10.2. The summed E-state index contributed by atoms with van der Waals surface area (Å²) < 4.78 is 11.9. The molecule has 0 saturated heterocycles. The number of fused-ring (bicyclic) bond motifs is 3. The second kappa shape index (κ2) is 9.93. The van der Waals surface area contributed by atoms with Crippen LogP contribution in [-0.4, -0.2) is 40.1 Å². The Hall–Kier alpha value is -3.00. The largest absolute Gasteiger partial charge is 0.480 e. The summed E-state index contributed by atoms with van der Waals surface area (Å²) in [5, 5.41) is 9.98. The Morgan fingerprint density at radius 3 is 1.91 bits per heavy atom. The third-order valence-electron chi connectivity index (χ3n) is 6.39. The van der Waals surface area contributed by atoms with Crippen LogP contribution in [-0.2, 0) is 19.1 Å². The number of hydrogen-bond donors (Lipinski definition) is 2. The van der Waals surface area contributed by atoms with Crippen LogP contribution in [0, 0.1) is 5.41 Å². The fraction of sp³-hybridized carbons (Fsp3) is 0.444. The standard InChI is InChI=1S/C27H33NO6S/c1-25(2,3)34-22(29)15-26(4,5)27(6,23(30)31)35-28-24(32)33-16-21-19-13-9-7-11-17(19)18-12-8-10-14-20(18)21/h7-14,21H,15-16H2,1-6H3,(H,28,32)(H,30,31)/t27-/m0/s1. The SMILES string of the molecule is CC(C)(C)OC(=O)CC(C)(C)[C@@](C)(SNC(=O)OCC1c2ccccc2-c2ccccc21)C(=O)O. The van der Waals surface area contributed by atoms with Crippen molar-refractivity contribution in [2.75, 3.05) is 6.61 Å². The van der Waals surface area contributed by atoms with Crippen LogP contribution in [0.1, 0.15) is 65.0 Å². The number of benzene rings is 2. The number of amides is 1. The number of nitrogens with one attached hydrogen (secondary N) is 1. The molecule has 188 valence electrons. The van der Waals surface area contributed by atoms with E-state index in [1.54, 1.807) is 34.6 Å². The molecule has 8 heteroatoms. The molecule has 2 N–H and O–H groups in total. The summed E-state index contributed by atoms with van der Waals surface area (Å²) in [6, 6.07) is 16.0. The predicted octanol–water partition coefficient (Wildman–Crippen LogP) is 5.77. The zero-order valence-electron chi connectivity index (χ0n) is 21.0. The summed E-state index contributed by atoms with van der Waals surface area (Å²) in [6.07, 6.45) is -0.871.